The van der Waals surface area contributed by atoms with Crippen LogP contribution in [0.2, 0.25) is 0 Å². The SMILES string of the molecule is CCCC(CCC(C)C)NCc1cccc(-c2cc3c(-c4cnn(C)c4)n[nH]c3cn2)c1C(F)(F)F. The van der Waals surface area contributed by atoms with Gasteiger partial charge in [0, 0.05) is 42.3 Å². The lowest BCUT2D eigenvalue weighted by molar-refractivity contribution is -0.137. The average Bonchev–Trinajstić information content (AvgIpc) is 3.45. The van der Waals surface area contributed by atoms with Gasteiger partial charge in [0.2, 0.25) is 0 Å². The second kappa shape index (κ2) is 10.8. The summed E-state index contributed by atoms with van der Waals surface area (Å²) in [7, 11) is 1.80. The van der Waals surface area contributed by atoms with Crippen LogP contribution in [0.25, 0.3) is 33.4 Å². The molecule has 0 aliphatic rings. The molecule has 36 heavy (non-hydrogen) atoms. The molecule has 2 N–H and O–H groups in total. The van der Waals surface area contributed by atoms with Crippen LogP contribution in [0.3, 0.4) is 0 Å². The molecule has 192 valence electrons. The third kappa shape index (κ3) is 5.78. The number of halogens is 3. The molecule has 4 rings (SSSR count). The van der Waals surface area contributed by atoms with Crippen molar-refractivity contribution in [3.63, 3.8) is 0 Å². The van der Waals surface area contributed by atoms with Gasteiger partial charge in [0.15, 0.2) is 0 Å². The van der Waals surface area contributed by atoms with Crippen LogP contribution in [-0.4, -0.2) is 31.0 Å². The minimum Gasteiger partial charge on any atom is -0.310 e. The quantitative estimate of drug-likeness (QED) is 0.254. The van der Waals surface area contributed by atoms with Crippen molar-refractivity contribution in [1.29, 1.82) is 0 Å². The van der Waals surface area contributed by atoms with Crippen molar-refractivity contribution in [1.82, 2.24) is 30.3 Å². The second-order valence-corrected chi connectivity index (χ2v) is 9.77. The summed E-state index contributed by atoms with van der Waals surface area (Å²) in [4.78, 5) is 4.37. The van der Waals surface area contributed by atoms with Crippen LogP contribution in [0.1, 0.15) is 57.6 Å². The molecule has 3 heterocycles. The summed E-state index contributed by atoms with van der Waals surface area (Å²) in [5, 5.41) is 15.5. The molecule has 0 spiro atoms. The molecule has 6 nitrogen and oxygen atoms in total. The van der Waals surface area contributed by atoms with E-state index < -0.39 is 11.7 Å². The number of rotatable bonds is 10. The van der Waals surface area contributed by atoms with Crippen molar-refractivity contribution in [2.45, 2.75) is 65.2 Å². The van der Waals surface area contributed by atoms with Crippen LogP contribution >= 0.6 is 0 Å². The Hall–Kier alpha value is -3.20. The maximum Gasteiger partial charge on any atom is 0.417 e. The van der Waals surface area contributed by atoms with Gasteiger partial charge in [-0.05, 0) is 36.8 Å². The van der Waals surface area contributed by atoms with Gasteiger partial charge >= 0.3 is 6.18 Å². The number of benzene rings is 1. The molecular formula is C27H33F3N6. The number of aromatic nitrogens is 5. The molecule has 3 aromatic heterocycles. The number of alkyl halides is 3. The largest absolute Gasteiger partial charge is 0.417 e. The first-order chi connectivity index (χ1) is 17.2. The van der Waals surface area contributed by atoms with Gasteiger partial charge in [0.05, 0.1) is 29.2 Å². The molecule has 0 saturated heterocycles. The fourth-order valence-electron chi connectivity index (χ4n) is 4.61. The minimum absolute atomic E-state index is 0.0660. The molecular weight excluding hydrogens is 465 g/mol. The van der Waals surface area contributed by atoms with Crippen molar-refractivity contribution in [3.05, 3.63) is 54.0 Å². The van der Waals surface area contributed by atoms with E-state index in [-0.39, 0.29) is 29.4 Å². The van der Waals surface area contributed by atoms with E-state index in [2.05, 4.69) is 46.4 Å². The maximum absolute atomic E-state index is 14.4. The highest BCUT2D eigenvalue weighted by Gasteiger charge is 2.36. The Balaban J connectivity index is 1.71. The van der Waals surface area contributed by atoms with Gasteiger partial charge in [0.25, 0.3) is 0 Å². The van der Waals surface area contributed by atoms with Gasteiger partial charge in [0.1, 0.15) is 5.69 Å². The number of nitrogens with one attached hydrogen (secondary N) is 2. The van der Waals surface area contributed by atoms with E-state index in [1.54, 1.807) is 36.1 Å². The highest BCUT2D eigenvalue weighted by atomic mass is 19.4. The molecule has 0 amide bonds. The first-order valence-corrected chi connectivity index (χ1v) is 12.4. The number of H-pyrrole nitrogens is 1. The molecule has 1 unspecified atom stereocenters. The molecule has 0 bridgehead atoms. The lowest BCUT2D eigenvalue weighted by Crippen LogP contribution is -2.30. The standard InChI is InChI=1S/C27H33F3N6/c1-5-7-20(11-10-17(2)3)31-13-18-8-6-9-21(25(18)27(28,29)30)23-12-22-24(15-32-23)34-35-26(22)19-14-33-36(4)16-19/h6,8-9,12,14-17,20,31H,5,7,10-11,13H2,1-4H3,(H,34,35). The smallest absolute Gasteiger partial charge is 0.310 e. The fourth-order valence-corrected chi connectivity index (χ4v) is 4.61. The van der Waals surface area contributed by atoms with E-state index in [1.807, 2.05) is 6.20 Å². The van der Waals surface area contributed by atoms with Gasteiger partial charge in [-0.3, -0.25) is 14.8 Å². The van der Waals surface area contributed by atoms with Gasteiger partial charge in [-0.15, -0.1) is 0 Å². The summed E-state index contributed by atoms with van der Waals surface area (Å²) in [5.74, 6) is 0.556. The second-order valence-electron chi connectivity index (χ2n) is 9.77. The number of aromatic amines is 1. The Labute approximate surface area is 209 Å². The number of hydrogen-bond acceptors (Lipinski definition) is 4. The molecule has 0 fully saturated rings. The van der Waals surface area contributed by atoms with E-state index in [9.17, 15) is 13.2 Å². The third-order valence-electron chi connectivity index (χ3n) is 6.45. The first-order valence-electron chi connectivity index (χ1n) is 12.4. The van der Waals surface area contributed by atoms with E-state index in [0.717, 1.165) is 31.2 Å². The first kappa shape index (κ1) is 25.9. The Kier molecular flexibility index (Phi) is 7.78. The average molecular weight is 499 g/mol. The lowest BCUT2D eigenvalue weighted by Gasteiger charge is -2.22. The van der Waals surface area contributed by atoms with Crippen molar-refractivity contribution < 1.29 is 13.2 Å². The van der Waals surface area contributed by atoms with Crippen LogP contribution in [-0.2, 0) is 19.8 Å². The van der Waals surface area contributed by atoms with E-state index >= 15 is 0 Å². The zero-order valence-electron chi connectivity index (χ0n) is 21.2. The number of hydrogen-bond donors (Lipinski definition) is 2. The molecule has 4 aromatic rings. The van der Waals surface area contributed by atoms with Crippen LogP contribution in [0.5, 0.6) is 0 Å². The Morgan fingerprint density at radius 1 is 1.11 bits per heavy atom. The third-order valence-corrected chi connectivity index (χ3v) is 6.45. The van der Waals surface area contributed by atoms with E-state index in [0.29, 0.717) is 22.5 Å². The normalized spacial score (nSPS) is 13.1. The molecule has 1 atom stereocenters. The van der Waals surface area contributed by atoms with Crippen molar-refractivity contribution in [3.8, 4) is 22.5 Å². The molecule has 0 aliphatic heterocycles. The summed E-state index contributed by atoms with van der Waals surface area (Å²) >= 11 is 0. The molecule has 1 aromatic carbocycles. The van der Waals surface area contributed by atoms with Crippen molar-refractivity contribution in [2.75, 3.05) is 0 Å². The lowest BCUT2D eigenvalue weighted by atomic mass is 9.95. The van der Waals surface area contributed by atoms with Crippen LogP contribution in [0, 0.1) is 5.92 Å². The number of nitrogens with zero attached hydrogens (tertiary/aromatic N) is 4. The van der Waals surface area contributed by atoms with Crippen LogP contribution in [0.15, 0.2) is 42.9 Å². The molecule has 0 aliphatic carbocycles. The zero-order valence-corrected chi connectivity index (χ0v) is 21.2. The van der Waals surface area contributed by atoms with Gasteiger partial charge < -0.3 is 5.32 Å². The summed E-state index contributed by atoms with van der Waals surface area (Å²) in [6.45, 7) is 6.58. The van der Waals surface area contributed by atoms with E-state index in [4.69, 9.17) is 0 Å². The molecule has 0 radical (unpaired) electrons. The zero-order chi connectivity index (χ0) is 25.9. The van der Waals surface area contributed by atoms with Crippen LogP contribution < -0.4 is 5.32 Å². The number of pyridine rings is 1. The predicted octanol–water partition coefficient (Wildman–Crippen LogP) is 6.74. The maximum atomic E-state index is 14.4. The number of fused-ring (bicyclic) bond motifs is 1. The summed E-state index contributed by atoms with van der Waals surface area (Å²) < 4.78 is 45.0. The van der Waals surface area contributed by atoms with Crippen molar-refractivity contribution >= 4 is 10.9 Å². The summed E-state index contributed by atoms with van der Waals surface area (Å²) in [6.07, 6.45) is 4.40. The van der Waals surface area contributed by atoms with Gasteiger partial charge in [-0.25, -0.2) is 0 Å². The number of aryl methyl sites for hydroxylation is 1. The van der Waals surface area contributed by atoms with Gasteiger partial charge in [-0.2, -0.15) is 23.4 Å². The van der Waals surface area contributed by atoms with E-state index in [1.165, 1.54) is 12.3 Å². The highest BCUT2D eigenvalue weighted by molar-refractivity contribution is 5.94. The highest BCUT2D eigenvalue weighted by Crippen LogP contribution is 2.40. The minimum atomic E-state index is -4.52. The summed E-state index contributed by atoms with van der Waals surface area (Å²) in [5.41, 5.74) is 1.96. The van der Waals surface area contributed by atoms with Crippen molar-refractivity contribution in [2.24, 2.45) is 13.0 Å². The molecule has 9 heteroatoms. The topological polar surface area (TPSA) is 71.4 Å². The monoisotopic (exact) mass is 498 g/mol. The Morgan fingerprint density at radius 2 is 1.92 bits per heavy atom. The Morgan fingerprint density at radius 3 is 2.58 bits per heavy atom. The van der Waals surface area contributed by atoms with Crippen LogP contribution in [0.4, 0.5) is 13.2 Å². The van der Waals surface area contributed by atoms with Gasteiger partial charge in [-0.1, -0.05) is 45.4 Å². The fraction of sp³-hybridized carbons (Fsp3) is 0.444. The molecule has 0 saturated carbocycles. The summed E-state index contributed by atoms with van der Waals surface area (Å²) in [6, 6.07) is 6.58. The Bertz CT molecular complexity index is 1300. The predicted molar refractivity (Wildman–Crippen MR) is 136 cm³/mol.